The van der Waals surface area contributed by atoms with Crippen LogP contribution < -0.4 is 0 Å². The summed E-state index contributed by atoms with van der Waals surface area (Å²) in [4.78, 5) is 24.9. The third-order valence-corrected chi connectivity index (χ3v) is 5.79. The van der Waals surface area contributed by atoms with Crippen molar-refractivity contribution < 1.29 is 32.2 Å². The Kier molecular flexibility index (Phi) is 13.5. The molecule has 0 atom stereocenters. The summed E-state index contributed by atoms with van der Waals surface area (Å²) in [5.74, 6) is 0.729. The van der Waals surface area contributed by atoms with Crippen molar-refractivity contribution in [2.45, 2.75) is 66.9 Å². The Morgan fingerprint density at radius 3 is 1.98 bits per heavy atom. The maximum atomic E-state index is 13.0. The number of halogens is 3. The van der Waals surface area contributed by atoms with Gasteiger partial charge in [0.25, 0.3) is 0 Å². The lowest BCUT2D eigenvalue weighted by Crippen LogP contribution is -2.08. The fourth-order valence-electron chi connectivity index (χ4n) is 4.16. The van der Waals surface area contributed by atoms with Gasteiger partial charge in [-0.15, -0.1) is 6.42 Å². The molecule has 0 radical (unpaired) electrons. The highest BCUT2D eigenvalue weighted by Crippen LogP contribution is 2.33. The number of aryl methyl sites for hydroxylation is 3. The molecule has 0 aliphatic rings. The van der Waals surface area contributed by atoms with Gasteiger partial charge in [-0.2, -0.15) is 13.2 Å². The van der Waals surface area contributed by atoms with Gasteiger partial charge in [-0.1, -0.05) is 17.2 Å². The zero-order chi connectivity index (χ0) is 33.7. The summed E-state index contributed by atoms with van der Waals surface area (Å²) in [7, 11) is 0. The Labute approximate surface area is 262 Å². The minimum atomic E-state index is -4.41. The second kappa shape index (κ2) is 16.8. The molecule has 0 fully saturated rings. The van der Waals surface area contributed by atoms with Gasteiger partial charge >= 0.3 is 18.1 Å². The van der Waals surface area contributed by atoms with Crippen molar-refractivity contribution in [3.63, 3.8) is 0 Å². The molecule has 9 heteroatoms. The minimum Gasteiger partial charge on any atom is -0.460 e. The molecule has 0 unspecified atom stereocenters. The molecule has 4 rings (SSSR count). The molecule has 0 saturated heterocycles. The number of carbonyl (C=O) groups excluding carboxylic acids is 2. The molecule has 2 aromatic carbocycles. The highest BCUT2D eigenvalue weighted by atomic mass is 19.4. The summed E-state index contributed by atoms with van der Waals surface area (Å²) >= 11 is 0. The number of alkyl halides is 3. The van der Waals surface area contributed by atoms with Crippen LogP contribution >= 0.6 is 0 Å². The van der Waals surface area contributed by atoms with Gasteiger partial charge in [0, 0.05) is 36.3 Å². The van der Waals surface area contributed by atoms with E-state index in [1.54, 1.807) is 63.6 Å². The molecule has 1 N–H and O–H groups in total. The molecule has 2 heterocycles. The predicted octanol–water partition coefficient (Wildman–Crippen LogP) is 8.77. The molecular weight excluding hydrogens is 581 g/mol. The van der Waals surface area contributed by atoms with Crippen LogP contribution in [-0.2, 0) is 25.2 Å². The number of nitrogens with one attached hydrogen (secondary N) is 1. The van der Waals surface area contributed by atoms with Gasteiger partial charge in [0.15, 0.2) is 0 Å². The number of H-pyrrole nitrogens is 1. The van der Waals surface area contributed by atoms with Crippen LogP contribution in [0.15, 0.2) is 79.1 Å². The fourth-order valence-corrected chi connectivity index (χ4v) is 4.16. The van der Waals surface area contributed by atoms with Crippen LogP contribution in [0, 0.1) is 33.1 Å². The first-order valence-corrected chi connectivity index (χ1v) is 14.2. The first-order valence-electron chi connectivity index (χ1n) is 14.2. The van der Waals surface area contributed by atoms with Gasteiger partial charge in [0.05, 0.1) is 23.5 Å². The predicted molar refractivity (Wildman–Crippen MR) is 172 cm³/mol. The lowest BCUT2D eigenvalue weighted by Gasteiger charge is -2.11. The Morgan fingerprint density at radius 1 is 0.867 bits per heavy atom. The maximum absolute atomic E-state index is 13.0. The summed E-state index contributed by atoms with van der Waals surface area (Å²) in [6, 6.07) is 17.9. The Morgan fingerprint density at radius 2 is 1.47 bits per heavy atom. The number of rotatable bonds is 6. The highest BCUT2D eigenvalue weighted by molar-refractivity contribution is 5.87. The third-order valence-electron chi connectivity index (χ3n) is 5.79. The second-order valence-corrected chi connectivity index (χ2v) is 10.7. The van der Waals surface area contributed by atoms with E-state index < -0.39 is 23.7 Å². The van der Waals surface area contributed by atoms with Crippen molar-refractivity contribution >= 4 is 18.1 Å². The number of terminal acetylenes is 1. The van der Waals surface area contributed by atoms with E-state index in [1.165, 1.54) is 34.7 Å². The number of aromatic nitrogens is 2. The van der Waals surface area contributed by atoms with Gasteiger partial charge in [0.2, 0.25) is 0 Å². The Balaban J connectivity index is 0.000000279. The van der Waals surface area contributed by atoms with Crippen molar-refractivity contribution in [3.8, 4) is 34.9 Å². The van der Waals surface area contributed by atoms with E-state index in [2.05, 4.69) is 47.8 Å². The zero-order valence-electron chi connectivity index (χ0n) is 26.5. The summed E-state index contributed by atoms with van der Waals surface area (Å²) in [6.07, 6.45) is 6.25. The van der Waals surface area contributed by atoms with Crippen molar-refractivity contribution in [2.24, 2.45) is 0 Å². The molecule has 0 saturated carbocycles. The minimum absolute atomic E-state index is 0.112. The lowest BCUT2D eigenvalue weighted by molar-refractivity contribution is -0.141. The third kappa shape index (κ3) is 12.7. The topological polar surface area (TPSA) is 73.3 Å². The van der Waals surface area contributed by atoms with E-state index in [9.17, 15) is 22.8 Å². The van der Waals surface area contributed by atoms with Gasteiger partial charge in [0.1, 0.15) is 0 Å². The van der Waals surface area contributed by atoms with Crippen LogP contribution in [0.2, 0.25) is 0 Å². The van der Waals surface area contributed by atoms with E-state index in [1.807, 2.05) is 18.2 Å². The summed E-state index contributed by atoms with van der Waals surface area (Å²) in [5, 5.41) is 0. The van der Waals surface area contributed by atoms with Crippen molar-refractivity contribution in [2.75, 3.05) is 0 Å². The van der Waals surface area contributed by atoms with E-state index in [0.29, 0.717) is 16.8 Å². The van der Waals surface area contributed by atoms with E-state index in [0.717, 1.165) is 12.1 Å². The number of benzene rings is 2. The normalized spacial score (nSPS) is 10.9. The monoisotopic (exact) mass is 620 g/mol. The largest absolute Gasteiger partial charge is 0.460 e. The van der Waals surface area contributed by atoms with Crippen LogP contribution in [0.25, 0.3) is 28.7 Å². The van der Waals surface area contributed by atoms with E-state index in [-0.39, 0.29) is 12.2 Å². The van der Waals surface area contributed by atoms with Gasteiger partial charge in [-0.3, -0.25) is 0 Å². The summed E-state index contributed by atoms with van der Waals surface area (Å²) in [5.41, 5.74) is 5.86. The van der Waals surface area contributed by atoms with Gasteiger partial charge in [-0.25, -0.2) is 9.59 Å². The SMILES string of the molecule is C#CC(=O)OC(C)C.Cc1cc(-c2cccn2/C=C\C(=O)OC(C)C)cc(C(F)(F)F)c1.Cc1cc(C)cc(-c2ccc[nH]2)c1. The number of hydrogen-bond acceptors (Lipinski definition) is 4. The second-order valence-electron chi connectivity index (χ2n) is 10.7. The Hall–Kier alpha value is -4.97. The first-order chi connectivity index (χ1) is 21.1. The fraction of sp³-hybridized carbons (Fsp3) is 0.278. The highest BCUT2D eigenvalue weighted by Gasteiger charge is 2.31. The van der Waals surface area contributed by atoms with Crippen LogP contribution in [-0.4, -0.2) is 33.7 Å². The molecule has 4 aromatic rings. The standard InChI is InChI=1S/C18H18F3NO2.C12H13N.C6H8O2/c1-12(2)24-17(23)6-8-22-7-4-5-16(22)14-9-13(3)10-15(11-14)18(19,20)21;1-9-6-10(2)8-11(7-9)12-4-3-5-13-12;1-4-6(7)8-5(2)3/h4-12H,1-3H3;3-8,13H,1-2H3;1,5H,2-3H3/b8-6-;;. The molecule has 6 nitrogen and oxygen atoms in total. The van der Waals surface area contributed by atoms with E-state index >= 15 is 0 Å². The molecule has 0 bridgehead atoms. The van der Waals surface area contributed by atoms with Gasteiger partial charge < -0.3 is 19.0 Å². The average molecular weight is 621 g/mol. The summed E-state index contributed by atoms with van der Waals surface area (Å²) in [6.45, 7) is 12.8. The van der Waals surface area contributed by atoms with Crippen LogP contribution in [0.4, 0.5) is 13.2 Å². The average Bonchev–Trinajstić information content (AvgIpc) is 3.63. The maximum Gasteiger partial charge on any atom is 0.416 e. The molecular formula is C36H39F3N2O4. The van der Waals surface area contributed by atoms with Gasteiger partial charge in [-0.05, 0) is 120 Å². The number of esters is 2. The molecule has 45 heavy (non-hydrogen) atoms. The van der Waals surface area contributed by atoms with Crippen LogP contribution in [0.3, 0.4) is 0 Å². The number of ether oxygens (including phenoxy) is 2. The van der Waals surface area contributed by atoms with E-state index in [4.69, 9.17) is 11.2 Å². The number of aromatic amines is 1. The molecule has 0 aliphatic heterocycles. The van der Waals surface area contributed by atoms with Crippen LogP contribution in [0.5, 0.6) is 0 Å². The van der Waals surface area contributed by atoms with Crippen molar-refractivity contribution in [3.05, 3.63) is 101 Å². The molecule has 2 aromatic heterocycles. The zero-order valence-corrected chi connectivity index (χ0v) is 26.5. The lowest BCUT2D eigenvalue weighted by atomic mass is 10.0. The number of nitrogens with zero attached hydrogens (tertiary/aromatic N) is 1. The Bertz CT molecular complexity index is 1600. The van der Waals surface area contributed by atoms with Crippen molar-refractivity contribution in [1.29, 1.82) is 0 Å². The molecule has 0 aliphatic carbocycles. The quantitative estimate of drug-likeness (QED) is 0.101. The number of hydrogen-bond donors (Lipinski definition) is 1. The first kappa shape index (κ1) is 36.2. The van der Waals surface area contributed by atoms with Crippen molar-refractivity contribution in [1.82, 2.24) is 9.55 Å². The summed E-state index contributed by atoms with van der Waals surface area (Å²) < 4.78 is 50.0. The smallest absolute Gasteiger partial charge is 0.416 e. The molecule has 238 valence electrons. The number of carbonyl (C=O) groups is 2. The molecule has 0 spiro atoms. The van der Waals surface area contributed by atoms with Crippen LogP contribution in [0.1, 0.15) is 49.9 Å². The molecule has 0 amide bonds.